The predicted octanol–water partition coefficient (Wildman–Crippen LogP) is 4.32. The average molecular weight is 288 g/mol. The Morgan fingerprint density at radius 2 is 1.28 bits per heavy atom. The van der Waals surface area contributed by atoms with Gasteiger partial charge in [-0.3, -0.25) is 0 Å². The van der Waals surface area contributed by atoms with Gasteiger partial charge < -0.3 is 5.73 Å². The van der Waals surface area contributed by atoms with Crippen LogP contribution in [0.3, 0.4) is 0 Å². The van der Waals surface area contributed by atoms with Crippen molar-refractivity contribution in [2.45, 2.75) is 6.04 Å². The van der Waals surface area contributed by atoms with E-state index in [9.17, 15) is 8.78 Å². The molecule has 0 aromatic heterocycles. The van der Waals surface area contributed by atoms with E-state index in [1.54, 1.807) is 18.2 Å². The van der Waals surface area contributed by atoms with Gasteiger partial charge in [0, 0.05) is 21.2 Å². The van der Waals surface area contributed by atoms with Gasteiger partial charge in [0.25, 0.3) is 0 Å². The van der Waals surface area contributed by atoms with E-state index in [0.717, 1.165) is 12.1 Å². The highest BCUT2D eigenvalue weighted by Crippen LogP contribution is 2.34. The first kappa shape index (κ1) is 13.3. The van der Waals surface area contributed by atoms with Crippen molar-refractivity contribution in [1.29, 1.82) is 0 Å². The van der Waals surface area contributed by atoms with Gasteiger partial charge in [0.05, 0.1) is 6.04 Å². The normalized spacial score (nSPS) is 12.5. The topological polar surface area (TPSA) is 26.0 Å². The van der Waals surface area contributed by atoms with E-state index in [2.05, 4.69) is 0 Å². The van der Waals surface area contributed by atoms with Crippen molar-refractivity contribution < 1.29 is 8.78 Å². The summed E-state index contributed by atoms with van der Waals surface area (Å²) >= 11 is 11.9. The molecule has 0 amide bonds. The van der Waals surface area contributed by atoms with Crippen LogP contribution in [-0.2, 0) is 0 Å². The van der Waals surface area contributed by atoms with Crippen LogP contribution in [-0.4, -0.2) is 0 Å². The molecule has 0 radical (unpaired) electrons. The fourth-order valence-electron chi connectivity index (χ4n) is 1.76. The maximum atomic E-state index is 13.6. The van der Waals surface area contributed by atoms with Gasteiger partial charge in [-0.1, -0.05) is 35.3 Å². The molecule has 18 heavy (non-hydrogen) atoms. The Balaban J connectivity index is 2.58. The van der Waals surface area contributed by atoms with Crippen LogP contribution in [0.25, 0.3) is 0 Å². The molecule has 2 rings (SSSR count). The Hall–Kier alpha value is -1.16. The molecule has 94 valence electrons. The van der Waals surface area contributed by atoms with Gasteiger partial charge in [0.2, 0.25) is 0 Å². The number of nitrogens with two attached hydrogens (primary N) is 1. The van der Waals surface area contributed by atoms with Gasteiger partial charge in [-0.15, -0.1) is 0 Å². The molecule has 0 bridgehead atoms. The van der Waals surface area contributed by atoms with Gasteiger partial charge in [-0.25, -0.2) is 8.78 Å². The van der Waals surface area contributed by atoms with Gasteiger partial charge in [0.15, 0.2) is 0 Å². The molecule has 0 aliphatic rings. The Bertz CT molecular complexity index is 495. The zero-order chi connectivity index (χ0) is 13.3. The van der Waals surface area contributed by atoms with Crippen LogP contribution >= 0.6 is 23.2 Å². The summed E-state index contributed by atoms with van der Waals surface area (Å²) in [5, 5.41) is 0.551. The fraction of sp³-hybridized carbons (Fsp3) is 0.0769. The van der Waals surface area contributed by atoms with Gasteiger partial charge in [0.1, 0.15) is 11.6 Å². The van der Waals surface area contributed by atoms with E-state index in [-0.39, 0.29) is 15.6 Å². The maximum Gasteiger partial charge on any atom is 0.131 e. The van der Waals surface area contributed by atoms with Gasteiger partial charge >= 0.3 is 0 Å². The molecule has 5 heteroatoms. The molecular formula is C13H9Cl2F2N. The van der Waals surface area contributed by atoms with Crippen LogP contribution < -0.4 is 5.73 Å². The van der Waals surface area contributed by atoms with Crippen LogP contribution in [0.4, 0.5) is 8.78 Å². The largest absolute Gasteiger partial charge is 0.320 e. The quantitative estimate of drug-likeness (QED) is 0.875. The Morgan fingerprint density at radius 1 is 0.833 bits per heavy atom. The minimum atomic E-state index is -1.05. The fourth-order valence-corrected chi connectivity index (χ4v) is 2.39. The lowest BCUT2D eigenvalue weighted by molar-refractivity contribution is 0.543. The molecule has 2 aromatic rings. The number of hydrogen-bond donors (Lipinski definition) is 1. The standard InChI is InChI=1S/C13H9Cl2F2N/c14-7-3-1-4-8(15)11(7)13(18)12-9(16)5-2-6-10(12)17/h1-6,13H,18H2. The van der Waals surface area contributed by atoms with Crippen molar-refractivity contribution in [3.05, 3.63) is 69.2 Å². The van der Waals surface area contributed by atoms with E-state index in [0.29, 0.717) is 5.56 Å². The lowest BCUT2D eigenvalue weighted by atomic mass is 9.98. The van der Waals surface area contributed by atoms with E-state index in [1.807, 2.05) is 0 Å². The monoisotopic (exact) mass is 287 g/mol. The van der Waals surface area contributed by atoms with E-state index >= 15 is 0 Å². The average Bonchev–Trinajstić information content (AvgIpc) is 2.28. The first-order valence-corrected chi connectivity index (χ1v) is 5.91. The Kier molecular flexibility index (Phi) is 3.85. The summed E-state index contributed by atoms with van der Waals surface area (Å²) in [6, 6.07) is 7.29. The Morgan fingerprint density at radius 3 is 1.78 bits per heavy atom. The number of halogens is 4. The number of rotatable bonds is 2. The highest BCUT2D eigenvalue weighted by molar-refractivity contribution is 6.36. The molecule has 1 nitrogen and oxygen atoms in total. The van der Waals surface area contributed by atoms with Crippen LogP contribution in [0.1, 0.15) is 17.2 Å². The second kappa shape index (κ2) is 5.22. The first-order valence-electron chi connectivity index (χ1n) is 5.15. The molecular weight excluding hydrogens is 279 g/mol. The number of benzene rings is 2. The minimum Gasteiger partial charge on any atom is -0.320 e. The SMILES string of the molecule is NC(c1c(F)cccc1F)c1c(Cl)cccc1Cl. The summed E-state index contributed by atoms with van der Waals surface area (Å²) in [4.78, 5) is 0. The Labute approximate surface area is 113 Å². The van der Waals surface area contributed by atoms with Crippen LogP contribution in [0, 0.1) is 11.6 Å². The lowest BCUT2D eigenvalue weighted by Gasteiger charge is -2.17. The smallest absolute Gasteiger partial charge is 0.131 e. The van der Waals surface area contributed by atoms with E-state index in [4.69, 9.17) is 28.9 Å². The molecule has 1 unspecified atom stereocenters. The third-order valence-electron chi connectivity index (χ3n) is 2.62. The predicted molar refractivity (Wildman–Crippen MR) is 68.9 cm³/mol. The molecule has 0 heterocycles. The van der Waals surface area contributed by atoms with Crippen molar-refractivity contribution >= 4 is 23.2 Å². The lowest BCUT2D eigenvalue weighted by Crippen LogP contribution is -2.16. The molecule has 2 aromatic carbocycles. The molecule has 0 aliphatic heterocycles. The zero-order valence-electron chi connectivity index (χ0n) is 9.13. The van der Waals surface area contributed by atoms with Crippen LogP contribution in [0.2, 0.25) is 10.0 Å². The second-order valence-electron chi connectivity index (χ2n) is 3.75. The summed E-state index contributed by atoms with van der Waals surface area (Å²) in [5.74, 6) is -1.45. The molecule has 0 saturated heterocycles. The van der Waals surface area contributed by atoms with Crippen molar-refractivity contribution in [2.75, 3.05) is 0 Å². The zero-order valence-corrected chi connectivity index (χ0v) is 10.6. The second-order valence-corrected chi connectivity index (χ2v) is 4.56. The summed E-state index contributed by atoms with van der Waals surface area (Å²) in [5.41, 5.74) is 5.94. The highest BCUT2D eigenvalue weighted by Gasteiger charge is 2.22. The maximum absolute atomic E-state index is 13.6. The molecule has 0 aliphatic carbocycles. The van der Waals surface area contributed by atoms with Crippen molar-refractivity contribution in [2.24, 2.45) is 5.73 Å². The molecule has 0 spiro atoms. The van der Waals surface area contributed by atoms with Crippen LogP contribution in [0.5, 0.6) is 0 Å². The summed E-state index contributed by atoms with van der Waals surface area (Å²) in [7, 11) is 0. The van der Waals surface area contributed by atoms with Gasteiger partial charge in [-0.05, 0) is 24.3 Å². The van der Waals surface area contributed by atoms with Crippen molar-refractivity contribution in [1.82, 2.24) is 0 Å². The van der Waals surface area contributed by atoms with Gasteiger partial charge in [-0.2, -0.15) is 0 Å². The molecule has 2 N–H and O–H groups in total. The third-order valence-corrected chi connectivity index (χ3v) is 3.28. The van der Waals surface area contributed by atoms with E-state index in [1.165, 1.54) is 6.07 Å². The molecule has 0 saturated carbocycles. The summed E-state index contributed by atoms with van der Waals surface area (Å²) < 4.78 is 27.3. The summed E-state index contributed by atoms with van der Waals surface area (Å²) in [6.07, 6.45) is 0. The highest BCUT2D eigenvalue weighted by atomic mass is 35.5. The molecule has 0 fully saturated rings. The third kappa shape index (κ3) is 2.34. The van der Waals surface area contributed by atoms with Crippen molar-refractivity contribution in [3.63, 3.8) is 0 Å². The molecule has 1 atom stereocenters. The minimum absolute atomic E-state index is 0.243. The van der Waals surface area contributed by atoms with Crippen molar-refractivity contribution in [3.8, 4) is 0 Å². The first-order chi connectivity index (χ1) is 8.52. The number of hydrogen-bond acceptors (Lipinski definition) is 1. The van der Waals surface area contributed by atoms with E-state index < -0.39 is 17.7 Å². The van der Waals surface area contributed by atoms with Crippen LogP contribution in [0.15, 0.2) is 36.4 Å². The summed E-state index contributed by atoms with van der Waals surface area (Å²) in [6.45, 7) is 0.